The van der Waals surface area contributed by atoms with Crippen LogP contribution in [0.25, 0.3) is 0 Å². The number of nitrogens with zero attached hydrogens (tertiary/aromatic N) is 1. The smallest absolute Gasteiger partial charge is 0.156 e. The van der Waals surface area contributed by atoms with Gasteiger partial charge in [0.2, 0.25) is 0 Å². The molecule has 0 aromatic rings. The number of hydrogen-bond acceptors (Lipinski definition) is 4. The third kappa shape index (κ3) is 5.76. The van der Waals surface area contributed by atoms with E-state index in [-0.39, 0.29) is 11.9 Å². The quantitative estimate of drug-likeness (QED) is 0.260. The highest BCUT2D eigenvalue weighted by Gasteiger charge is 2.06. The van der Waals surface area contributed by atoms with E-state index in [0.717, 1.165) is 13.0 Å². The highest BCUT2D eigenvalue weighted by Crippen LogP contribution is 2.07. The van der Waals surface area contributed by atoms with Crippen molar-refractivity contribution >= 4 is 17.6 Å². The van der Waals surface area contributed by atoms with Gasteiger partial charge in [-0.3, -0.25) is 0 Å². The molecule has 0 aromatic carbocycles. The second kappa shape index (κ2) is 7.03. The summed E-state index contributed by atoms with van der Waals surface area (Å²) in [6, 6.07) is -0.0564. The van der Waals surface area contributed by atoms with Crippen LogP contribution in [0.15, 0.2) is 5.16 Å². The van der Waals surface area contributed by atoms with Gasteiger partial charge in [0.1, 0.15) is 0 Å². The average Bonchev–Trinajstić information content (AvgIpc) is 2.15. The summed E-state index contributed by atoms with van der Waals surface area (Å²) in [6.45, 7) is 4.94. The molecule has 0 saturated heterocycles. The van der Waals surface area contributed by atoms with E-state index in [4.69, 9.17) is 10.9 Å². The highest BCUT2D eigenvalue weighted by molar-refractivity contribution is 7.99. The van der Waals surface area contributed by atoms with Crippen LogP contribution in [0.4, 0.5) is 0 Å². The zero-order chi connectivity index (χ0) is 10.3. The van der Waals surface area contributed by atoms with Crippen molar-refractivity contribution in [2.24, 2.45) is 10.9 Å². The van der Waals surface area contributed by atoms with Crippen LogP contribution in [0, 0.1) is 0 Å². The minimum absolute atomic E-state index is 0.0564. The van der Waals surface area contributed by atoms with Crippen molar-refractivity contribution in [3.8, 4) is 0 Å². The minimum atomic E-state index is -0.0564. The van der Waals surface area contributed by atoms with E-state index in [0.29, 0.717) is 5.25 Å². The lowest BCUT2D eigenvalue weighted by atomic mass is 10.3. The molecular weight excluding hydrogens is 186 g/mol. The predicted octanol–water partition coefficient (Wildman–Crippen LogP) is 0.853. The predicted molar refractivity (Wildman–Crippen MR) is 58.5 cm³/mol. The summed E-state index contributed by atoms with van der Waals surface area (Å²) in [5.41, 5.74) is 5.40. The van der Waals surface area contributed by atoms with Gasteiger partial charge < -0.3 is 16.3 Å². The lowest BCUT2D eigenvalue weighted by Crippen LogP contribution is -2.39. The van der Waals surface area contributed by atoms with E-state index < -0.39 is 0 Å². The van der Waals surface area contributed by atoms with Crippen molar-refractivity contribution in [1.82, 2.24) is 5.32 Å². The fourth-order valence-corrected chi connectivity index (χ4v) is 1.17. The summed E-state index contributed by atoms with van der Waals surface area (Å²) in [7, 11) is 0. The zero-order valence-electron chi connectivity index (χ0n) is 8.45. The molecule has 0 aliphatic rings. The van der Waals surface area contributed by atoms with Crippen molar-refractivity contribution in [2.75, 3.05) is 12.8 Å². The number of thioether (sulfide) groups is 1. The summed E-state index contributed by atoms with van der Waals surface area (Å²) in [4.78, 5) is 0. The third-order valence-corrected chi connectivity index (χ3v) is 3.00. The fraction of sp³-hybridized carbons (Fsp3) is 0.875. The molecular formula is C8H19N3OS. The van der Waals surface area contributed by atoms with Gasteiger partial charge in [-0.2, -0.15) is 11.8 Å². The van der Waals surface area contributed by atoms with Crippen molar-refractivity contribution in [2.45, 2.75) is 31.6 Å². The molecule has 0 aliphatic heterocycles. The average molecular weight is 205 g/mol. The van der Waals surface area contributed by atoms with Gasteiger partial charge in [0.05, 0.1) is 6.04 Å². The molecule has 0 aromatic heterocycles. The van der Waals surface area contributed by atoms with E-state index >= 15 is 0 Å². The number of hydrogen-bond donors (Lipinski definition) is 3. The molecule has 13 heavy (non-hydrogen) atoms. The molecule has 2 atom stereocenters. The van der Waals surface area contributed by atoms with Crippen molar-refractivity contribution in [3.63, 3.8) is 0 Å². The summed E-state index contributed by atoms with van der Waals surface area (Å²) in [5, 5.41) is 15.1. The van der Waals surface area contributed by atoms with Crippen LogP contribution >= 0.6 is 11.8 Å². The van der Waals surface area contributed by atoms with E-state index in [9.17, 15) is 0 Å². The first-order valence-electron chi connectivity index (χ1n) is 4.35. The van der Waals surface area contributed by atoms with Crippen LogP contribution in [0.2, 0.25) is 0 Å². The molecule has 2 unspecified atom stereocenters. The number of nitrogens with two attached hydrogens (primary N) is 1. The standard InChI is InChI=1S/C8H19N3OS/c1-6(13-3)4-5-10-7(2)8(9)11-12/h6-7,10,12H,4-5H2,1-3H3,(H2,9,11). The molecule has 0 saturated carbocycles. The molecule has 78 valence electrons. The molecule has 0 bridgehead atoms. The van der Waals surface area contributed by atoms with Crippen LogP contribution in [0.1, 0.15) is 20.3 Å². The van der Waals surface area contributed by atoms with Gasteiger partial charge >= 0.3 is 0 Å². The Bertz CT molecular complexity index is 163. The largest absolute Gasteiger partial charge is 0.409 e. The molecule has 0 aliphatic carbocycles. The molecule has 0 amide bonds. The van der Waals surface area contributed by atoms with Gasteiger partial charge in [-0.25, -0.2) is 0 Å². The number of amidine groups is 1. The van der Waals surface area contributed by atoms with Gasteiger partial charge in [0.25, 0.3) is 0 Å². The van der Waals surface area contributed by atoms with Crippen LogP contribution in [0.3, 0.4) is 0 Å². The minimum Gasteiger partial charge on any atom is -0.409 e. The van der Waals surface area contributed by atoms with Gasteiger partial charge in [-0.1, -0.05) is 12.1 Å². The fourth-order valence-electron chi connectivity index (χ4n) is 0.812. The summed E-state index contributed by atoms with van der Waals surface area (Å²) in [6.07, 6.45) is 3.18. The van der Waals surface area contributed by atoms with E-state index in [1.165, 1.54) is 0 Å². The molecule has 0 heterocycles. The van der Waals surface area contributed by atoms with Crippen LogP contribution in [0.5, 0.6) is 0 Å². The molecule has 4 N–H and O–H groups in total. The number of oxime groups is 1. The molecule has 0 radical (unpaired) electrons. The summed E-state index contributed by atoms with van der Waals surface area (Å²) >= 11 is 1.84. The van der Waals surface area contributed by atoms with Gasteiger partial charge in [-0.05, 0) is 26.1 Å². The third-order valence-electron chi connectivity index (χ3n) is 1.96. The summed E-state index contributed by atoms with van der Waals surface area (Å²) < 4.78 is 0. The van der Waals surface area contributed by atoms with Gasteiger partial charge in [-0.15, -0.1) is 0 Å². The van der Waals surface area contributed by atoms with Gasteiger partial charge in [0, 0.05) is 5.25 Å². The first kappa shape index (κ1) is 12.6. The van der Waals surface area contributed by atoms with Crippen molar-refractivity contribution < 1.29 is 5.21 Å². The first-order valence-corrected chi connectivity index (χ1v) is 5.64. The van der Waals surface area contributed by atoms with Crippen molar-refractivity contribution in [1.29, 1.82) is 0 Å². The maximum Gasteiger partial charge on any atom is 0.156 e. The lowest BCUT2D eigenvalue weighted by molar-refractivity contribution is 0.315. The van der Waals surface area contributed by atoms with Crippen molar-refractivity contribution in [3.05, 3.63) is 0 Å². The summed E-state index contributed by atoms with van der Waals surface area (Å²) in [5.74, 6) is 0.233. The molecule has 4 nitrogen and oxygen atoms in total. The maximum absolute atomic E-state index is 8.38. The molecule has 0 spiro atoms. The Balaban J connectivity index is 3.53. The number of nitrogens with one attached hydrogen (secondary N) is 1. The topological polar surface area (TPSA) is 70.6 Å². The van der Waals surface area contributed by atoms with E-state index in [2.05, 4.69) is 23.7 Å². The Morgan fingerprint density at radius 1 is 1.62 bits per heavy atom. The Morgan fingerprint density at radius 3 is 2.69 bits per heavy atom. The normalized spacial score (nSPS) is 17.0. The van der Waals surface area contributed by atoms with E-state index in [1.807, 2.05) is 18.7 Å². The van der Waals surface area contributed by atoms with Gasteiger partial charge in [0.15, 0.2) is 5.84 Å². The molecule has 5 heteroatoms. The first-order chi connectivity index (χ1) is 6.11. The second-order valence-electron chi connectivity index (χ2n) is 3.04. The maximum atomic E-state index is 8.38. The Kier molecular flexibility index (Phi) is 6.80. The SMILES string of the molecule is CSC(C)CCNC(C)C(N)=NO. The lowest BCUT2D eigenvalue weighted by Gasteiger charge is -2.13. The van der Waals surface area contributed by atoms with Crippen LogP contribution in [-0.4, -0.2) is 35.1 Å². The van der Waals surface area contributed by atoms with Crippen LogP contribution < -0.4 is 11.1 Å². The molecule has 0 fully saturated rings. The Hall–Kier alpha value is -0.420. The Labute approximate surface area is 84.0 Å². The van der Waals surface area contributed by atoms with E-state index in [1.54, 1.807) is 0 Å². The molecule has 0 rings (SSSR count). The zero-order valence-corrected chi connectivity index (χ0v) is 9.27. The highest BCUT2D eigenvalue weighted by atomic mass is 32.2. The number of rotatable bonds is 6. The van der Waals surface area contributed by atoms with Crippen LogP contribution in [-0.2, 0) is 0 Å². The Morgan fingerprint density at radius 2 is 2.23 bits per heavy atom. The monoisotopic (exact) mass is 205 g/mol. The second-order valence-corrected chi connectivity index (χ2v) is 4.31.